The molecule has 0 fully saturated rings. The fourth-order valence-electron chi connectivity index (χ4n) is 2.00. The summed E-state index contributed by atoms with van der Waals surface area (Å²) in [6.45, 7) is 2.12. The molecule has 1 aromatic carbocycles. The summed E-state index contributed by atoms with van der Waals surface area (Å²) in [6.07, 6.45) is 4.57. The van der Waals surface area contributed by atoms with Gasteiger partial charge in [0.15, 0.2) is 0 Å². The third-order valence-electron chi connectivity index (χ3n) is 3.15. The maximum absolute atomic E-state index is 11.2. The first-order valence-corrected chi connectivity index (χ1v) is 6.53. The zero-order valence-corrected chi connectivity index (χ0v) is 11.2. The number of carboxylic acid groups (broad SMARTS) is 1. The molecule has 1 atom stereocenters. The van der Waals surface area contributed by atoms with Crippen molar-refractivity contribution in [1.29, 1.82) is 0 Å². The number of benzene rings is 1. The topological polar surface area (TPSA) is 46.5 Å². The number of hydrogen-bond donors (Lipinski definition) is 1. The van der Waals surface area contributed by atoms with E-state index in [9.17, 15) is 9.90 Å². The summed E-state index contributed by atoms with van der Waals surface area (Å²) in [5.41, 5.74) is 1.06. The Morgan fingerprint density at radius 1 is 1.28 bits per heavy atom. The van der Waals surface area contributed by atoms with Crippen LogP contribution in [-0.4, -0.2) is 18.2 Å². The zero-order chi connectivity index (χ0) is 13.4. The van der Waals surface area contributed by atoms with Crippen LogP contribution in [0.25, 0.3) is 0 Å². The number of hydrogen-bond acceptors (Lipinski definition) is 2. The van der Waals surface area contributed by atoms with Gasteiger partial charge in [-0.3, -0.25) is 4.79 Å². The van der Waals surface area contributed by atoms with Crippen molar-refractivity contribution in [3.63, 3.8) is 0 Å². The lowest BCUT2D eigenvalue weighted by Crippen LogP contribution is -2.16. The summed E-state index contributed by atoms with van der Waals surface area (Å²) in [6, 6.07) is 7.63. The van der Waals surface area contributed by atoms with E-state index in [1.54, 1.807) is 7.11 Å². The quantitative estimate of drug-likeness (QED) is 0.718. The fourth-order valence-corrected chi connectivity index (χ4v) is 2.00. The van der Waals surface area contributed by atoms with Crippen molar-refractivity contribution >= 4 is 5.97 Å². The van der Waals surface area contributed by atoms with E-state index in [2.05, 4.69) is 6.92 Å². The molecule has 0 aliphatic rings. The van der Waals surface area contributed by atoms with Gasteiger partial charge in [0.05, 0.1) is 13.0 Å². The molecule has 18 heavy (non-hydrogen) atoms. The molecule has 0 aliphatic carbocycles. The fraction of sp³-hybridized carbons (Fsp3) is 0.533. The Bertz CT molecular complexity index is 357. The molecule has 1 N–H and O–H groups in total. The third kappa shape index (κ3) is 4.78. The number of unbranched alkanes of at least 4 members (excludes halogenated alkanes) is 2. The smallest absolute Gasteiger partial charge is 0.306 e. The molecule has 0 amide bonds. The van der Waals surface area contributed by atoms with Gasteiger partial charge < -0.3 is 9.84 Å². The van der Waals surface area contributed by atoms with Crippen LogP contribution in [0, 0.1) is 5.92 Å². The number of carbonyl (C=O) groups is 1. The van der Waals surface area contributed by atoms with Crippen LogP contribution in [0.15, 0.2) is 24.3 Å². The molecule has 0 aromatic heterocycles. The van der Waals surface area contributed by atoms with Crippen molar-refractivity contribution < 1.29 is 14.6 Å². The monoisotopic (exact) mass is 250 g/mol. The molecule has 0 saturated heterocycles. The molecule has 3 nitrogen and oxygen atoms in total. The van der Waals surface area contributed by atoms with Crippen LogP contribution in [0.1, 0.15) is 38.2 Å². The van der Waals surface area contributed by atoms with E-state index in [1.807, 2.05) is 24.3 Å². The molecule has 1 aromatic rings. The second-order valence-electron chi connectivity index (χ2n) is 4.58. The molecule has 0 saturated carbocycles. The van der Waals surface area contributed by atoms with E-state index < -0.39 is 5.97 Å². The number of rotatable bonds is 8. The average molecular weight is 250 g/mol. The van der Waals surface area contributed by atoms with Gasteiger partial charge in [-0.1, -0.05) is 38.3 Å². The van der Waals surface area contributed by atoms with Crippen LogP contribution < -0.4 is 4.74 Å². The molecule has 0 heterocycles. The van der Waals surface area contributed by atoms with E-state index >= 15 is 0 Å². The summed E-state index contributed by atoms with van der Waals surface area (Å²) in [4.78, 5) is 11.2. The number of aliphatic carboxylic acids is 1. The predicted molar refractivity (Wildman–Crippen MR) is 72.0 cm³/mol. The van der Waals surface area contributed by atoms with Crippen molar-refractivity contribution in [1.82, 2.24) is 0 Å². The minimum Gasteiger partial charge on any atom is -0.497 e. The summed E-state index contributed by atoms with van der Waals surface area (Å²) in [5, 5.41) is 9.21. The maximum Gasteiger partial charge on any atom is 0.306 e. The summed E-state index contributed by atoms with van der Waals surface area (Å²) in [5.74, 6) is -0.163. The highest BCUT2D eigenvalue weighted by Crippen LogP contribution is 2.18. The highest BCUT2D eigenvalue weighted by molar-refractivity contribution is 5.70. The Kier molecular flexibility index (Phi) is 6.26. The number of ether oxygens (including phenoxy) is 1. The van der Waals surface area contributed by atoms with Gasteiger partial charge in [0, 0.05) is 0 Å². The average Bonchev–Trinajstić information content (AvgIpc) is 2.38. The lowest BCUT2D eigenvalue weighted by Gasteiger charge is -2.12. The first kappa shape index (κ1) is 14.6. The molecule has 0 spiro atoms. The second-order valence-corrected chi connectivity index (χ2v) is 4.58. The van der Waals surface area contributed by atoms with Crippen molar-refractivity contribution in [3.8, 4) is 5.75 Å². The highest BCUT2D eigenvalue weighted by Gasteiger charge is 2.17. The Labute approximate surface area is 109 Å². The van der Waals surface area contributed by atoms with Crippen molar-refractivity contribution in [2.45, 2.75) is 39.0 Å². The number of methoxy groups -OCH3 is 1. The Hall–Kier alpha value is -1.51. The molecular weight excluding hydrogens is 228 g/mol. The molecule has 0 aliphatic heterocycles. The SMILES string of the molecule is CCCCCC(Cc1ccc(OC)cc1)C(=O)O. The Balaban J connectivity index is 2.56. The minimum atomic E-state index is -0.693. The van der Waals surface area contributed by atoms with E-state index in [0.29, 0.717) is 6.42 Å². The molecule has 3 heteroatoms. The van der Waals surface area contributed by atoms with Crippen molar-refractivity contribution in [3.05, 3.63) is 29.8 Å². The van der Waals surface area contributed by atoms with Crippen LogP contribution in [0.3, 0.4) is 0 Å². The lowest BCUT2D eigenvalue weighted by molar-refractivity contribution is -0.142. The van der Waals surface area contributed by atoms with Gasteiger partial charge in [-0.15, -0.1) is 0 Å². The summed E-state index contributed by atoms with van der Waals surface area (Å²) in [7, 11) is 1.62. The maximum atomic E-state index is 11.2. The third-order valence-corrected chi connectivity index (χ3v) is 3.15. The van der Waals surface area contributed by atoms with Crippen LogP contribution in [-0.2, 0) is 11.2 Å². The van der Waals surface area contributed by atoms with Gasteiger partial charge in [-0.05, 0) is 30.5 Å². The van der Waals surface area contributed by atoms with E-state index in [-0.39, 0.29) is 5.92 Å². The van der Waals surface area contributed by atoms with E-state index in [4.69, 9.17) is 4.74 Å². The van der Waals surface area contributed by atoms with Gasteiger partial charge >= 0.3 is 5.97 Å². The normalized spacial score (nSPS) is 12.1. The summed E-state index contributed by atoms with van der Waals surface area (Å²) >= 11 is 0. The molecule has 0 radical (unpaired) electrons. The predicted octanol–water partition coefficient (Wildman–Crippen LogP) is 3.52. The largest absolute Gasteiger partial charge is 0.497 e. The van der Waals surface area contributed by atoms with Gasteiger partial charge in [0.25, 0.3) is 0 Å². The molecule has 1 rings (SSSR count). The van der Waals surface area contributed by atoms with E-state index in [1.165, 1.54) is 0 Å². The molecular formula is C15H22O3. The second kappa shape index (κ2) is 7.75. The molecule has 100 valence electrons. The first-order valence-electron chi connectivity index (χ1n) is 6.53. The minimum absolute atomic E-state index is 0.273. The molecule has 0 bridgehead atoms. The lowest BCUT2D eigenvalue weighted by atomic mass is 9.94. The highest BCUT2D eigenvalue weighted by atomic mass is 16.5. The Morgan fingerprint density at radius 2 is 1.94 bits per heavy atom. The van der Waals surface area contributed by atoms with Crippen LogP contribution in [0.2, 0.25) is 0 Å². The van der Waals surface area contributed by atoms with Gasteiger partial charge in [-0.2, -0.15) is 0 Å². The van der Waals surface area contributed by atoms with Gasteiger partial charge in [0.2, 0.25) is 0 Å². The van der Waals surface area contributed by atoms with Gasteiger partial charge in [-0.25, -0.2) is 0 Å². The van der Waals surface area contributed by atoms with Crippen LogP contribution in [0.4, 0.5) is 0 Å². The standard InChI is InChI=1S/C15H22O3/c1-3-4-5-6-13(15(16)17)11-12-7-9-14(18-2)10-8-12/h7-10,13H,3-6,11H2,1-2H3,(H,16,17). The zero-order valence-electron chi connectivity index (χ0n) is 11.2. The van der Waals surface area contributed by atoms with Crippen molar-refractivity contribution in [2.75, 3.05) is 7.11 Å². The van der Waals surface area contributed by atoms with E-state index in [0.717, 1.165) is 37.0 Å². The Morgan fingerprint density at radius 3 is 2.44 bits per heavy atom. The van der Waals surface area contributed by atoms with Crippen LogP contribution >= 0.6 is 0 Å². The molecule has 1 unspecified atom stereocenters. The number of carboxylic acids is 1. The van der Waals surface area contributed by atoms with Crippen LogP contribution in [0.5, 0.6) is 5.75 Å². The van der Waals surface area contributed by atoms with Crippen molar-refractivity contribution in [2.24, 2.45) is 5.92 Å². The first-order chi connectivity index (χ1) is 8.67. The summed E-state index contributed by atoms with van der Waals surface area (Å²) < 4.78 is 5.08. The van der Waals surface area contributed by atoms with Gasteiger partial charge in [0.1, 0.15) is 5.75 Å².